The standard InChI is InChI=1S/C28H22O.C2H4/c1-3-11-23(12-4-1)19-21-25-15-7-9-17-27(25)29-28-18-10-8-16-26(28)22-20-24-13-5-2-6-14-24;1-2/h1-22H;1-2H2/b21-19+,22-20+;. The van der Waals surface area contributed by atoms with Gasteiger partial charge in [-0.25, -0.2) is 0 Å². The molecule has 0 saturated carbocycles. The summed E-state index contributed by atoms with van der Waals surface area (Å²) in [6.07, 6.45) is 8.38. The third-order valence-electron chi connectivity index (χ3n) is 4.57. The predicted molar refractivity (Wildman–Crippen MR) is 135 cm³/mol. The molecule has 0 N–H and O–H groups in total. The van der Waals surface area contributed by atoms with Crippen LogP contribution < -0.4 is 4.74 Å². The lowest BCUT2D eigenvalue weighted by Gasteiger charge is -2.11. The number of benzene rings is 4. The van der Waals surface area contributed by atoms with E-state index in [1.165, 1.54) is 0 Å². The Morgan fingerprint density at radius 2 is 0.774 bits per heavy atom. The third-order valence-corrected chi connectivity index (χ3v) is 4.57. The second-order valence-corrected chi connectivity index (χ2v) is 6.67. The van der Waals surface area contributed by atoms with Gasteiger partial charge in [-0.1, -0.05) is 121 Å². The van der Waals surface area contributed by atoms with Crippen molar-refractivity contribution < 1.29 is 4.74 Å². The Hall–Kier alpha value is -4.10. The molecule has 4 aromatic carbocycles. The van der Waals surface area contributed by atoms with Crippen molar-refractivity contribution >= 4 is 24.3 Å². The van der Waals surface area contributed by atoms with Gasteiger partial charge in [0.15, 0.2) is 0 Å². The van der Waals surface area contributed by atoms with Gasteiger partial charge in [-0.2, -0.15) is 0 Å². The molecule has 0 atom stereocenters. The molecule has 0 fully saturated rings. The lowest BCUT2D eigenvalue weighted by Crippen LogP contribution is -1.89. The third kappa shape index (κ3) is 6.45. The molecule has 1 heteroatoms. The number of hydrogen-bond acceptors (Lipinski definition) is 1. The van der Waals surface area contributed by atoms with Crippen LogP contribution in [-0.4, -0.2) is 0 Å². The minimum absolute atomic E-state index is 0.834. The monoisotopic (exact) mass is 402 g/mol. The van der Waals surface area contributed by atoms with Crippen LogP contribution in [0.15, 0.2) is 122 Å². The van der Waals surface area contributed by atoms with Crippen LogP contribution >= 0.6 is 0 Å². The van der Waals surface area contributed by atoms with E-state index < -0.39 is 0 Å². The highest BCUT2D eigenvalue weighted by Crippen LogP contribution is 2.30. The zero-order valence-corrected chi connectivity index (χ0v) is 17.5. The molecule has 152 valence electrons. The van der Waals surface area contributed by atoms with E-state index in [2.05, 4.69) is 73.9 Å². The SMILES string of the molecule is C(=C\c1ccccc1Oc1ccccc1/C=C/c1ccccc1)/c1ccccc1.C=C. The molecule has 0 unspecified atom stereocenters. The Labute approximate surface area is 185 Å². The van der Waals surface area contributed by atoms with Gasteiger partial charge >= 0.3 is 0 Å². The van der Waals surface area contributed by atoms with Crippen LogP contribution in [0.4, 0.5) is 0 Å². The van der Waals surface area contributed by atoms with Crippen molar-refractivity contribution in [3.05, 3.63) is 145 Å². The second kappa shape index (κ2) is 11.8. The molecule has 0 saturated heterocycles. The molecule has 4 aromatic rings. The predicted octanol–water partition coefficient (Wildman–Crippen LogP) is 8.62. The first-order valence-electron chi connectivity index (χ1n) is 10.2. The molecule has 0 radical (unpaired) electrons. The van der Waals surface area contributed by atoms with Gasteiger partial charge in [-0.05, 0) is 23.3 Å². The van der Waals surface area contributed by atoms with Gasteiger partial charge in [0.1, 0.15) is 11.5 Å². The summed E-state index contributed by atoms with van der Waals surface area (Å²) in [5, 5.41) is 0. The van der Waals surface area contributed by atoms with E-state index >= 15 is 0 Å². The molecule has 31 heavy (non-hydrogen) atoms. The zero-order valence-electron chi connectivity index (χ0n) is 17.5. The molecule has 0 aliphatic rings. The van der Waals surface area contributed by atoms with Crippen molar-refractivity contribution in [1.82, 2.24) is 0 Å². The maximum absolute atomic E-state index is 6.31. The first-order chi connectivity index (χ1) is 15.4. The van der Waals surface area contributed by atoms with Crippen molar-refractivity contribution in [3.63, 3.8) is 0 Å². The van der Waals surface area contributed by atoms with Crippen molar-refractivity contribution in [3.8, 4) is 11.5 Å². The number of hydrogen-bond donors (Lipinski definition) is 0. The van der Waals surface area contributed by atoms with Crippen molar-refractivity contribution in [2.75, 3.05) is 0 Å². The molecular formula is C30H26O. The van der Waals surface area contributed by atoms with Crippen LogP contribution in [0.5, 0.6) is 11.5 Å². The Morgan fingerprint density at radius 3 is 1.19 bits per heavy atom. The molecule has 0 spiro atoms. The summed E-state index contributed by atoms with van der Waals surface area (Å²) in [6, 6.07) is 36.7. The van der Waals surface area contributed by atoms with E-state index in [-0.39, 0.29) is 0 Å². The molecule has 0 amide bonds. The fraction of sp³-hybridized carbons (Fsp3) is 0. The highest BCUT2D eigenvalue weighted by molar-refractivity contribution is 5.74. The Morgan fingerprint density at radius 1 is 0.419 bits per heavy atom. The van der Waals surface area contributed by atoms with E-state index in [0.717, 1.165) is 33.8 Å². The van der Waals surface area contributed by atoms with Crippen LogP contribution in [0, 0.1) is 0 Å². The lowest BCUT2D eigenvalue weighted by molar-refractivity contribution is 0.480. The van der Waals surface area contributed by atoms with Crippen LogP contribution in [0.1, 0.15) is 22.3 Å². The number of ether oxygens (including phenoxy) is 1. The molecule has 1 nitrogen and oxygen atoms in total. The number of rotatable bonds is 6. The summed E-state index contributed by atoms with van der Waals surface area (Å²) >= 11 is 0. The topological polar surface area (TPSA) is 9.23 Å². The van der Waals surface area contributed by atoms with Gasteiger partial charge in [-0.15, -0.1) is 13.2 Å². The minimum Gasteiger partial charge on any atom is -0.456 e. The first-order valence-corrected chi connectivity index (χ1v) is 10.2. The van der Waals surface area contributed by atoms with E-state index in [0.29, 0.717) is 0 Å². The first kappa shape index (κ1) is 21.6. The Kier molecular flexibility index (Phi) is 8.22. The molecule has 4 rings (SSSR count). The summed E-state index contributed by atoms with van der Waals surface area (Å²) in [4.78, 5) is 0. The number of para-hydroxylation sites is 2. The maximum atomic E-state index is 6.31. The highest BCUT2D eigenvalue weighted by Gasteiger charge is 2.05. The largest absolute Gasteiger partial charge is 0.456 e. The van der Waals surface area contributed by atoms with Crippen LogP contribution in [0.25, 0.3) is 24.3 Å². The fourth-order valence-electron chi connectivity index (χ4n) is 3.04. The van der Waals surface area contributed by atoms with Gasteiger partial charge in [0, 0.05) is 11.1 Å². The maximum Gasteiger partial charge on any atom is 0.134 e. The molecule has 0 aliphatic heterocycles. The van der Waals surface area contributed by atoms with E-state index in [1.54, 1.807) is 0 Å². The van der Waals surface area contributed by atoms with Gasteiger partial charge in [0.2, 0.25) is 0 Å². The molecule has 0 aromatic heterocycles. The van der Waals surface area contributed by atoms with Gasteiger partial charge < -0.3 is 4.74 Å². The molecule has 0 bridgehead atoms. The summed E-state index contributed by atoms with van der Waals surface area (Å²) < 4.78 is 6.31. The summed E-state index contributed by atoms with van der Waals surface area (Å²) in [5.74, 6) is 1.67. The Bertz CT molecular complexity index is 1030. The van der Waals surface area contributed by atoms with Gasteiger partial charge in [0.05, 0.1) is 0 Å². The highest BCUT2D eigenvalue weighted by atomic mass is 16.5. The summed E-state index contributed by atoms with van der Waals surface area (Å²) in [6.45, 7) is 6.00. The molecular weight excluding hydrogens is 376 g/mol. The van der Waals surface area contributed by atoms with Crippen LogP contribution in [0.3, 0.4) is 0 Å². The zero-order chi connectivity index (χ0) is 21.7. The Balaban J connectivity index is 0.00000132. The normalized spacial score (nSPS) is 10.6. The fourth-order valence-corrected chi connectivity index (χ4v) is 3.04. The van der Waals surface area contributed by atoms with Gasteiger partial charge in [-0.3, -0.25) is 0 Å². The minimum atomic E-state index is 0.834. The average Bonchev–Trinajstić information content (AvgIpc) is 2.85. The second-order valence-electron chi connectivity index (χ2n) is 6.67. The van der Waals surface area contributed by atoms with Crippen LogP contribution in [-0.2, 0) is 0 Å². The van der Waals surface area contributed by atoms with Gasteiger partial charge in [0.25, 0.3) is 0 Å². The molecule has 0 heterocycles. The summed E-state index contributed by atoms with van der Waals surface area (Å²) in [5.41, 5.74) is 4.40. The quantitative estimate of drug-likeness (QED) is 0.232. The lowest BCUT2D eigenvalue weighted by atomic mass is 10.1. The van der Waals surface area contributed by atoms with Crippen molar-refractivity contribution in [2.45, 2.75) is 0 Å². The average molecular weight is 403 g/mol. The van der Waals surface area contributed by atoms with Crippen molar-refractivity contribution in [2.24, 2.45) is 0 Å². The smallest absolute Gasteiger partial charge is 0.134 e. The van der Waals surface area contributed by atoms with E-state index in [4.69, 9.17) is 4.74 Å². The molecule has 0 aliphatic carbocycles. The van der Waals surface area contributed by atoms with Crippen molar-refractivity contribution in [1.29, 1.82) is 0 Å². The van der Waals surface area contributed by atoms with E-state index in [1.807, 2.05) is 72.8 Å². The van der Waals surface area contributed by atoms with Crippen LogP contribution in [0.2, 0.25) is 0 Å². The van der Waals surface area contributed by atoms with E-state index in [9.17, 15) is 0 Å². The summed E-state index contributed by atoms with van der Waals surface area (Å²) in [7, 11) is 0.